The van der Waals surface area contributed by atoms with Gasteiger partial charge in [-0.15, -0.1) is 10.2 Å². The lowest BCUT2D eigenvalue weighted by molar-refractivity contribution is 0.0888. The molecule has 2 saturated carbocycles. The predicted molar refractivity (Wildman–Crippen MR) is 151 cm³/mol. The number of nitrogens with one attached hydrogen (secondary N) is 2. The van der Waals surface area contributed by atoms with E-state index in [1.54, 1.807) is 24.3 Å². The highest BCUT2D eigenvalue weighted by atomic mass is 35.5. The van der Waals surface area contributed by atoms with E-state index in [1.807, 2.05) is 6.07 Å². The number of carbonyl (C=O) groups is 1. The summed E-state index contributed by atoms with van der Waals surface area (Å²) in [7, 11) is 0. The lowest BCUT2D eigenvalue weighted by Crippen LogP contribution is -2.50. The molecule has 0 bridgehead atoms. The number of piperazine rings is 1. The minimum atomic E-state index is -0.175. The Morgan fingerprint density at radius 1 is 1.03 bits per heavy atom. The third kappa shape index (κ3) is 5.98. The zero-order chi connectivity index (χ0) is 26.8. The largest absolute Gasteiger partial charge is 0.490 e. The molecule has 3 heterocycles. The molecule has 2 N–H and O–H groups in total. The van der Waals surface area contributed by atoms with Gasteiger partial charge in [0.2, 0.25) is 5.69 Å². The Balaban J connectivity index is 0.939. The van der Waals surface area contributed by atoms with E-state index in [-0.39, 0.29) is 18.1 Å². The molecule has 1 unspecified atom stereocenters. The van der Waals surface area contributed by atoms with Gasteiger partial charge in [0.15, 0.2) is 11.5 Å². The fourth-order valence-electron chi connectivity index (χ4n) is 6.79. The highest BCUT2D eigenvalue weighted by Gasteiger charge is 2.40. The Morgan fingerprint density at radius 3 is 2.41 bits per heavy atom. The van der Waals surface area contributed by atoms with Gasteiger partial charge in [0.25, 0.3) is 5.91 Å². The normalized spacial score (nSPS) is 29.0. The molecule has 1 aromatic heterocycles. The first kappa shape index (κ1) is 26.3. The monoisotopic (exact) mass is 549 g/mol. The summed E-state index contributed by atoms with van der Waals surface area (Å²) in [6.45, 7) is 13.5. The summed E-state index contributed by atoms with van der Waals surface area (Å²) in [5.41, 5.74) is 0.782. The van der Waals surface area contributed by atoms with Gasteiger partial charge in [0.05, 0.1) is 17.7 Å². The molecule has 1 aromatic carbocycles. The summed E-state index contributed by atoms with van der Waals surface area (Å²) in [6.07, 6.45) is 6.08. The van der Waals surface area contributed by atoms with Gasteiger partial charge >= 0.3 is 0 Å². The Hall–Kier alpha value is -2.93. The van der Waals surface area contributed by atoms with Crippen LogP contribution in [0.25, 0.3) is 4.85 Å². The first-order chi connectivity index (χ1) is 19.1. The molecule has 2 aliphatic heterocycles. The minimum absolute atomic E-state index is 0.0675. The van der Waals surface area contributed by atoms with Gasteiger partial charge in [-0.05, 0) is 87.7 Å². The summed E-state index contributed by atoms with van der Waals surface area (Å²) >= 11 is 6.13. The first-order valence-electron chi connectivity index (χ1n) is 14.2. The van der Waals surface area contributed by atoms with Gasteiger partial charge in [-0.2, -0.15) is 0 Å². The van der Waals surface area contributed by atoms with Crippen molar-refractivity contribution in [3.05, 3.63) is 52.5 Å². The number of ether oxygens (including phenoxy) is 1. The lowest BCUT2D eigenvalue weighted by atomic mass is 9.93. The van der Waals surface area contributed by atoms with Crippen LogP contribution < -0.4 is 20.3 Å². The maximum Gasteiger partial charge on any atom is 0.272 e. The van der Waals surface area contributed by atoms with Crippen LogP contribution in [0.4, 0.5) is 11.5 Å². The van der Waals surface area contributed by atoms with E-state index in [9.17, 15) is 4.79 Å². The molecular weight excluding hydrogens is 514 g/mol. The molecule has 4 aliphatic rings. The topological polar surface area (TPSA) is 87.0 Å². The van der Waals surface area contributed by atoms with Gasteiger partial charge in [0.1, 0.15) is 5.75 Å². The molecule has 2 aliphatic carbocycles. The Bertz CT molecular complexity index is 1190. The summed E-state index contributed by atoms with van der Waals surface area (Å²) in [5, 5.41) is 15.7. The van der Waals surface area contributed by atoms with Crippen molar-refractivity contribution >= 4 is 29.0 Å². The molecule has 206 valence electrons. The Kier molecular flexibility index (Phi) is 7.87. The summed E-state index contributed by atoms with van der Waals surface area (Å²) in [5.74, 6) is 3.09. The fourth-order valence-corrected chi connectivity index (χ4v) is 7.00. The zero-order valence-corrected chi connectivity index (χ0v) is 22.9. The molecule has 0 radical (unpaired) electrons. The van der Waals surface area contributed by atoms with Crippen LogP contribution in [0.1, 0.15) is 49.0 Å². The number of carbonyl (C=O) groups excluding carboxylic acids is 1. The van der Waals surface area contributed by atoms with Gasteiger partial charge in [-0.1, -0.05) is 17.7 Å². The molecule has 9 nitrogen and oxygen atoms in total. The number of hydrogen-bond acceptors (Lipinski definition) is 7. The number of amides is 1. The smallest absolute Gasteiger partial charge is 0.272 e. The standard InChI is InChI=1S/C29H36ClN7O2/c1-31-26-7-6-24(16-25(26)30)39-23-4-2-21(3-5-23)33-29(38)27-8-9-28(35-34-27)37-12-10-36(11-13-37)22-14-19-17-32-18-20(19)15-22/h6-9,16,19-23,32H,2-5,10-15,17-18H2,(H,33,38)/t19-,20+,21?,22?,23?. The van der Waals surface area contributed by atoms with E-state index in [4.69, 9.17) is 22.9 Å². The molecule has 10 heteroatoms. The highest BCUT2D eigenvalue weighted by Crippen LogP contribution is 2.37. The van der Waals surface area contributed by atoms with Crippen molar-refractivity contribution in [3.8, 4) is 5.75 Å². The number of hydrogen-bond donors (Lipinski definition) is 2. The maximum atomic E-state index is 12.8. The average Bonchev–Trinajstić information content (AvgIpc) is 3.58. The van der Waals surface area contributed by atoms with E-state index in [1.165, 1.54) is 25.9 Å². The van der Waals surface area contributed by atoms with Crippen LogP contribution in [0.15, 0.2) is 30.3 Å². The van der Waals surface area contributed by atoms with E-state index in [0.29, 0.717) is 22.2 Å². The van der Waals surface area contributed by atoms with Gasteiger partial charge in [-0.3, -0.25) is 9.69 Å². The predicted octanol–water partition coefficient (Wildman–Crippen LogP) is 3.92. The van der Waals surface area contributed by atoms with Crippen LogP contribution in [0.3, 0.4) is 0 Å². The Morgan fingerprint density at radius 2 is 1.77 bits per heavy atom. The fraction of sp³-hybridized carbons (Fsp3) is 0.586. The molecule has 2 saturated heterocycles. The van der Waals surface area contributed by atoms with Gasteiger partial charge in [0, 0.05) is 38.3 Å². The molecule has 4 fully saturated rings. The molecule has 2 aromatic rings. The van der Waals surface area contributed by atoms with E-state index >= 15 is 0 Å². The van der Waals surface area contributed by atoms with E-state index < -0.39 is 0 Å². The molecule has 0 spiro atoms. The van der Waals surface area contributed by atoms with Gasteiger partial charge in [-0.25, -0.2) is 4.85 Å². The second-order valence-corrected chi connectivity index (χ2v) is 11.8. The highest BCUT2D eigenvalue weighted by molar-refractivity contribution is 6.33. The number of aromatic nitrogens is 2. The number of nitrogens with zero attached hydrogens (tertiary/aromatic N) is 5. The molecular formula is C29H36ClN7O2. The maximum absolute atomic E-state index is 12.8. The number of halogens is 1. The van der Waals surface area contributed by atoms with Crippen LogP contribution in [0.2, 0.25) is 5.02 Å². The van der Waals surface area contributed by atoms with Crippen molar-refractivity contribution in [2.24, 2.45) is 11.8 Å². The lowest BCUT2D eigenvalue weighted by Gasteiger charge is -2.38. The van der Waals surface area contributed by atoms with Crippen LogP contribution in [0.5, 0.6) is 5.75 Å². The number of anilines is 1. The van der Waals surface area contributed by atoms with Crippen molar-refractivity contribution in [3.63, 3.8) is 0 Å². The van der Waals surface area contributed by atoms with Crippen LogP contribution in [-0.4, -0.2) is 78.5 Å². The van der Waals surface area contributed by atoms with Crippen molar-refractivity contribution < 1.29 is 9.53 Å². The summed E-state index contributed by atoms with van der Waals surface area (Å²) in [6, 6.07) is 9.71. The minimum Gasteiger partial charge on any atom is -0.490 e. The van der Waals surface area contributed by atoms with E-state index in [0.717, 1.165) is 75.6 Å². The molecule has 39 heavy (non-hydrogen) atoms. The van der Waals surface area contributed by atoms with E-state index in [2.05, 4.69) is 35.5 Å². The third-order valence-corrected chi connectivity index (χ3v) is 9.32. The Labute approximate surface area is 235 Å². The van der Waals surface area contributed by atoms with Crippen LogP contribution in [-0.2, 0) is 0 Å². The SMILES string of the molecule is [C-]#[N+]c1ccc(OC2CCC(NC(=O)c3ccc(N4CCN(C5C[C@H]6CNC[C@H]6C5)CC4)nn3)CC2)cc1Cl. The molecule has 3 atom stereocenters. The van der Waals surface area contributed by atoms with Crippen molar-refractivity contribution in [2.75, 3.05) is 44.2 Å². The van der Waals surface area contributed by atoms with Crippen LogP contribution in [0, 0.1) is 18.4 Å². The molecule has 1 amide bonds. The zero-order valence-electron chi connectivity index (χ0n) is 22.2. The van der Waals surface area contributed by atoms with Crippen molar-refractivity contribution in [2.45, 2.75) is 56.7 Å². The van der Waals surface area contributed by atoms with Crippen LogP contribution >= 0.6 is 11.6 Å². The number of fused-ring (bicyclic) bond motifs is 1. The number of rotatable bonds is 6. The number of benzene rings is 1. The quantitative estimate of drug-likeness (QED) is 0.528. The van der Waals surface area contributed by atoms with Crippen molar-refractivity contribution in [1.82, 2.24) is 25.7 Å². The van der Waals surface area contributed by atoms with Gasteiger partial charge < -0.3 is 20.3 Å². The summed E-state index contributed by atoms with van der Waals surface area (Å²) in [4.78, 5) is 21.2. The second-order valence-electron chi connectivity index (χ2n) is 11.4. The van der Waals surface area contributed by atoms with Crippen molar-refractivity contribution in [1.29, 1.82) is 0 Å². The molecule has 6 rings (SSSR count). The second kappa shape index (κ2) is 11.7. The average molecular weight is 550 g/mol. The summed E-state index contributed by atoms with van der Waals surface area (Å²) < 4.78 is 6.06. The first-order valence-corrected chi connectivity index (χ1v) is 14.6. The third-order valence-electron chi connectivity index (χ3n) is 9.02.